The molecule has 0 radical (unpaired) electrons. The first-order chi connectivity index (χ1) is 16.5. The van der Waals surface area contributed by atoms with Gasteiger partial charge in [-0.2, -0.15) is 0 Å². The van der Waals surface area contributed by atoms with Gasteiger partial charge in [-0.15, -0.1) is 23.1 Å². The molecule has 4 nitrogen and oxygen atoms in total. The summed E-state index contributed by atoms with van der Waals surface area (Å²) in [4.78, 5) is 26.0. The van der Waals surface area contributed by atoms with E-state index in [2.05, 4.69) is 83.3 Å². The Balaban J connectivity index is 1.76. The first kappa shape index (κ1) is 27.0. The molecule has 1 aromatic heterocycles. The number of benzene rings is 2. The Morgan fingerprint density at radius 3 is 2.20 bits per heavy atom. The first-order valence-corrected chi connectivity index (χ1v) is 13.7. The smallest absolute Gasteiger partial charge is 0.305 e. The van der Waals surface area contributed by atoms with Gasteiger partial charge in [0.1, 0.15) is 0 Å². The molecule has 186 valence electrons. The van der Waals surface area contributed by atoms with Gasteiger partial charge in [0.15, 0.2) is 0 Å². The second kappa shape index (κ2) is 11.4. The standard InChI is InChI=1S/C29H35NO3S2/c1-7-23(24-12-13-25(35-24)28(33)30-15-14-26(31)32)34-22-16-18(2)27(19(3)17-22)20-8-10-21(11-9-20)29(4,5)6/h8-13,16-17,23H,7,14-15H2,1-6H3,(H,30,33)(H,31,32). The monoisotopic (exact) mass is 509 g/mol. The number of thioether (sulfide) groups is 1. The lowest BCUT2D eigenvalue weighted by Crippen LogP contribution is -2.25. The summed E-state index contributed by atoms with van der Waals surface area (Å²) in [7, 11) is 0. The molecule has 0 spiro atoms. The lowest BCUT2D eigenvalue weighted by Gasteiger charge is -2.20. The summed E-state index contributed by atoms with van der Waals surface area (Å²) < 4.78 is 0. The lowest BCUT2D eigenvalue weighted by molar-refractivity contribution is -0.136. The molecule has 6 heteroatoms. The maximum absolute atomic E-state index is 12.3. The van der Waals surface area contributed by atoms with E-state index in [9.17, 15) is 9.59 Å². The second-order valence-electron chi connectivity index (χ2n) is 9.88. The van der Waals surface area contributed by atoms with Gasteiger partial charge in [-0.25, -0.2) is 0 Å². The highest BCUT2D eigenvalue weighted by Crippen LogP contribution is 2.42. The summed E-state index contributed by atoms with van der Waals surface area (Å²) in [6.45, 7) is 13.4. The molecule has 0 aliphatic carbocycles. The number of hydrogen-bond donors (Lipinski definition) is 2. The van der Waals surface area contributed by atoms with Crippen LogP contribution in [0.3, 0.4) is 0 Å². The number of rotatable bonds is 9. The third-order valence-corrected chi connectivity index (χ3v) is 8.71. The predicted molar refractivity (Wildman–Crippen MR) is 148 cm³/mol. The molecule has 3 aromatic rings. The van der Waals surface area contributed by atoms with Gasteiger partial charge in [0.25, 0.3) is 5.91 Å². The zero-order chi connectivity index (χ0) is 25.8. The van der Waals surface area contributed by atoms with Gasteiger partial charge in [-0.3, -0.25) is 9.59 Å². The van der Waals surface area contributed by atoms with Gasteiger partial charge in [0.05, 0.1) is 11.3 Å². The Morgan fingerprint density at radius 1 is 1.03 bits per heavy atom. The number of thiophene rings is 1. The summed E-state index contributed by atoms with van der Waals surface area (Å²) >= 11 is 3.31. The second-order valence-corrected chi connectivity index (χ2v) is 12.3. The first-order valence-electron chi connectivity index (χ1n) is 12.0. The van der Waals surface area contributed by atoms with Crippen molar-refractivity contribution in [1.82, 2.24) is 5.32 Å². The molecule has 0 aliphatic heterocycles. The minimum atomic E-state index is -0.918. The van der Waals surface area contributed by atoms with E-state index in [0.717, 1.165) is 11.3 Å². The van der Waals surface area contributed by atoms with Crippen LogP contribution in [0.25, 0.3) is 11.1 Å². The van der Waals surface area contributed by atoms with Crippen LogP contribution in [0.4, 0.5) is 0 Å². The molecular formula is C29H35NO3S2. The number of carbonyl (C=O) groups excluding carboxylic acids is 1. The maximum atomic E-state index is 12.3. The van der Waals surface area contributed by atoms with Crippen molar-refractivity contribution in [3.8, 4) is 11.1 Å². The number of carboxylic acids is 1. The Bertz CT molecular complexity index is 1170. The van der Waals surface area contributed by atoms with Crippen LogP contribution in [-0.4, -0.2) is 23.5 Å². The van der Waals surface area contributed by atoms with Gasteiger partial charge in [-0.05, 0) is 77.8 Å². The minimum absolute atomic E-state index is 0.0765. The highest BCUT2D eigenvalue weighted by atomic mass is 32.2. The summed E-state index contributed by atoms with van der Waals surface area (Å²) in [6, 6.07) is 17.3. The SMILES string of the molecule is CCC(Sc1cc(C)c(-c2ccc(C(C)(C)C)cc2)c(C)c1)c1ccc(C(=O)NCCC(=O)O)s1. The van der Waals surface area contributed by atoms with Crippen LogP contribution < -0.4 is 5.32 Å². The average molecular weight is 510 g/mol. The zero-order valence-electron chi connectivity index (χ0n) is 21.4. The molecule has 0 aliphatic rings. The highest BCUT2D eigenvalue weighted by molar-refractivity contribution is 7.99. The fourth-order valence-corrected chi connectivity index (χ4v) is 6.57. The van der Waals surface area contributed by atoms with Crippen LogP contribution in [0.2, 0.25) is 0 Å². The molecule has 1 amide bonds. The van der Waals surface area contributed by atoms with E-state index in [1.807, 2.05) is 23.9 Å². The van der Waals surface area contributed by atoms with Crippen molar-refractivity contribution >= 4 is 35.0 Å². The van der Waals surface area contributed by atoms with Crippen LogP contribution in [0.1, 0.15) is 77.0 Å². The van der Waals surface area contributed by atoms with Crippen LogP contribution in [0.15, 0.2) is 53.4 Å². The Labute approximate surface area is 217 Å². The number of carbonyl (C=O) groups is 2. The van der Waals surface area contributed by atoms with Crippen LogP contribution in [0.5, 0.6) is 0 Å². The molecule has 0 saturated carbocycles. The topological polar surface area (TPSA) is 66.4 Å². The van der Waals surface area contributed by atoms with E-state index >= 15 is 0 Å². The van der Waals surface area contributed by atoms with E-state index < -0.39 is 5.97 Å². The van der Waals surface area contributed by atoms with E-state index in [-0.39, 0.29) is 29.5 Å². The zero-order valence-corrected chi connectivity index (χ0v) is 23.0. The van der Waals surface area contributed by atoms with Crippen LogP contribution in [0, 0.1) is 13.8 Å². The molecule has 0 saturated heterocycles. The van der Waals surface area contributed by atoms with E-state index in [0.29, 0.717) is 4.88 Å². The molecule has 0 fully saturated rings. The summed E-state index contributed by atoms with van der Waals surface area (Å²) in [6.07, 6.45) is 0.867. The van der Waals surface area contributed by atoms with Gasteiger partial charge < -0.3 is 10.4 Å². The van der Waals surface area contributed by atoms with Gasteiger partial charge in [-0.1, -0.05) is 52.0 Å². The van der Waals surface area contributed by atoms with E-state index in [4.69, 9.17) is 5.11 Å². The molecule has 2 N–H and O–H groups in total. The molecule has 1 heterocycles. The number of nitrogens with one attached hydrogen (secondary N) is 1. The fraction of sp³-hybridized carbons (Fsp3) is 0.379. The van der Waals surface area contributed by atoms with Crippen molar-refractivity contribution in [1.29, 1.82) is 0 Å². The molecule has 1 unspecified atom stereocenters. The minimum Gasteiger partial charge on any atom is -0.481 e. The third kappa shape index (κ3) is 6.98. The van der Waals surface area contributed by atoms with E-state index in [1.54, 1.807) is 0 Å². The Kier molecular flexibility index (Phi) is 8.84. The van der Waals surface area contributed by atoms with Crippen molar-refractivity contribution in [2.24, 2.45) is 0 Å². The predicted octanol–water partition coefficient (Wildman–Crippen LogP) is 7.78. The van der Waals surface area contributed by atoms with Crippen molar-refractivity contribution in [3.63, 3.8) is 0 Å². The van der Waals surface area contributed by atoms with Crippen LogP contribution in [-0.2, 0) is 10.2 Å². The highest BCUT2D eigenvalue weighted by Gasteiger charge is 2.19. The summed E-state index contributed by atoms with van der Waals surface area (Å²) in [5, 5.41) is 11.7. The summed E-state index contributed by atoms with van der Waals surface area (Å²) in [5.41, 5.74) is 6.53. The van der Waals surface area contributed by atoms with Crippen LogP contribution >= 0.6 is 23.1 Å². The van der Waals surface area contributed by atoms with Crippen molar-refractivity contribution in [2.45, 2.75) is 69.9 Å². The number of amides is 1. The molecule has 2 aromatic carbocycles. The average Bonchev–Trinajstić information content (AvgIpc) is 3.27. The maximum Gasteiger partial charge on any atom is 0.305 e. The number of carboxylic acid groups (broad SMARTS) is 1. The molecule has 0 bridgehead atoms. The fourth-order valence-electron chi connectivity index (χ4n) is 4.11. The normalized spacial score (nSPS) is 12.4. The molecular weight excluding hydrogens is 474 g/mol. The number of aliphatic carboxylic acids is 1. The van der Waals surface area contributed by atoms with Crippen molar-refractivity contribution in [2.75, 3.05) is 6.54 Å². The Hall–Kier alpha value is -2.57. The summed E-state index contributed by atoms with van der Waals surface area (Å²) in [5.74, 6) is -1.13. The van der Waals surface area contributed by atoms with Gasteiger partial charge in [0, 0.05) is 21.6 Å². The third-order valence-electron chi connectivity index (χ3n) is 5.99. The quantitative estimate of drug-likeness (QED) is 0.289. The van der Waals surface area contributed by atoms with Crippen molar-refractivity contribution in [3.05, 3.63) is 75.0 Å². The molecule has 35 heavy (non-hydrogen) atoms. The van der Waals surface area contributed by atoms with Gasteiger partial charge in [0.2, 0.25) is 0 Å². The number of hydrogen-bond acceptors (Lipinski definition) is 4. The molecule has 1 atom stereocenters. The van der Waals surface area contributed by atoms with Crippen molar-refractivity contribution < 1.29 is 14.7 Å². The van der Waals surface area contributed by atoms with E-state index in [1.165, 1.54) is 44.0 Å². The largest absolute Gasteiger partial charge is 0.481 e. The Morgan fingerprint density at radius 2 is 1.66 bits per heavy atom. The number of aryl methyl sites for hydroxylation is 2. The molecule has 3 rings (SSSR count). The van der Waals surface area contributed by atoms with Gasteiger partial charge >= 0.3 is 5.97 Å². The lowest BCUT2D eigenvalue weighted by atomic mass is 9.85.